The van der Waals surface area contributed by atoms with E-state index in [2.05, 4.69) is 9.97 Å². The number of benzene rings is 3. The number of fused-ring (bicyclic) bond motifs is 3. The monoisotopic (exact) mass is 381 g/mol. The second-order valence-electron chi connectivity index (χ2n) is 6.64. The number of para-hydroxylation sites is 2. The largest absolute Gasteiger partial charge is 0.504 e. The molecular weight excluding hydrogens is 366 g/mol. The minimum Gasteiger partial charge on any atom is -0.504 e. The second-order valence-corrected chi connectivity index (χ2v) is 6.64. The molecule has 0 saturated heterocycles. The summed E-state index contributed by atoms with van der Waals surface area (Å²) in [6.07, 6.45) is 3.32. The van der Waals surface area contributed by atoms with E-state index in [1.54, 1.807) is 24.5 Å². The van der Waals surface area contributed by atoms with Gasteiger partial charge in [0.15, 0.2) is 17.3 Å². The Morgan fingerprint density at radius 3 is 2.34 bits per heavy atom. The van der Waals surface area contributed by atoms with E-state index in [1.165, 1.54) is 18.2 Å². The molecule has 2 heterocycles. The highest BCUT2D eigenvalue weighted by Gasteiger charge is 2.21. The summed E-state index contributed by atoms with van der Waals surface area (Å²) in [5.41, 5.74) is 2.31. The molecule has 0 unspecified atom stereocenters. The number of phenols is 2. The zero-order chi connectivity index (χ0) is 20.0. The summed E-state index contributed by atoms with van der Waals surface area (Å²) < 4.78 is 1.87. The minimum atomic E-state index is -0.338. The quantitative estimate of drug-likeness (QED) is 0.361. The van der Waals surface area contributed by atoms with Crippen LogP contribution in [-0.4, -0.2) is 30.5 Å². The molecule has 6 heteroatoms. The van der Waals surface area contributed by atoms with E-state index < -0.39 is 0 Å². The molecule has 3 aromatic carbocycles. The fraction of sp³-hybridized carbons (Fsp3) is 0. The summed E-state index contributed by atoms with van der Waals surface area (Å²) in [4.78, 5) is 22.1. The maximum Gasteiger partial charge on any atom is 0.234 e. The van der Waals surface area contributed by atoms with Gasteiger partial charge in [-0.1, -0.05) is 30.3 Å². The Labute approximate surface area is 165 Å². The summed E-state index contributed by atoms with van der Waals surface area (Å²) in [5, 5.41) is 21.3. The van der Waals surface area contributed by atoms with Crippen LogP contribution in [0.3, 0.4) is 0 Å². The number of phenolic OH excluding ortho intramolecular Hbond substituents is 2. The highest BCUT2D eigenvalue weighted by atomic mass is 16.3. The lowest BCUT2D eigenvalue weighted by molar-refractivity contribution is 0.103. The van der Waals surface area contributed by atoms with Crippen molar-refractivity contribution in [3.63, 3.8) is 0 Å². The molecule has 140 valence electrons. The van der Waals surface area contributed by atoms with Gasteiger partial charge in [-0.25, -0.2) is 9.97 Å². The van der Waals surface area contributed by atoms with Crippen molar-refractivity contribution in [1.29, 1.82) is 0 Å². The Kier molecular flexibility index (Phi) is 3.77. The summed E-state index contributed by atoms with van der Waals surface area (Å²) in [6, 6.07) is 19.2. The number of hydrogen-bond donors (Lipinski definition) is 2. The number of hydrogen-bond acceptors (Lipinski definition) is 5. The van der Waals surface area contributed by atoms with Gasteiger partial charge in [0, 0.05) is 34.3 Å². The average Bonchev–Trinajstić information content (AvgIpc) is 3.10. The molecule has 0 aliphatic heterocycles. The first-order chi connectivity index (χ1) is 14.1. The molecule has 2 N–H and O–H groups in total. The Hall–Kier alpha value is -4.19. The average molecular weight is 381 g/mol. The van der Waals surface area contributed by atoms with Crippen molar-refractivity contribution < 1.29 is 15.0 Å². The predicted molar refractivity (Wildman–Crippen MR) is 110 cm³/mol. The molecule has 2 aromatic heterocycles. The predicted octanol–water partition coefficient (Wildman–Crippen LogP) is 4.22. The van der Waals surface area contributed by atoms with Gasteiger partial charge in [-0.3, -0.25) is 9.36 Å². The molecule has 0 radical (unpaired) electrons. The van der Waals surface area contributed by atoms with E-state index in [-0.39, 0.29) is 22.8 Å². The summed E-state index contributed by atoms with van der Waals surface area (Å²) in [7, 11) is 0. The van der Waals surface area contributed by atoms with Crippen LogP contribution in [0.2, 0.25) is 0 Å². The lowest BCUT2D eigenvalue weighted by atomic mass is 10.00. The third-order valence-electron chi connectivity index (χ3n) is 4.93. The number of carbonyl (C=O) groups excluding carboxylic acids is 1. The second kappa shape index (κ2) is 6.45. The van der Waals surface area contributed by atoms with Gasteiger partial charge in [-0.05, 0) is 36.4 Å². The fourth-order valence-corrected chi connectivity index (χ4v) is 3.64. The SMILES string of the molecule is O=C(c1ccc(O)c(O)c1)c1cccc2c3ccccc3n(-c3ncccn3)c12. The number of rotatable bonds is 3. The molecular formula is C23H15N3O3. The van der Waals surface area contributed by atoms with Crippen molar-refractivity contribution in [2.45, 2.75) is 0 Å². The van der Waals surface area contributed by atoms with E-state index >= 15 is 0 Å². The lowest BCUT2D eigenvalue weighted by Crippen LogP contribution is -2.06. The van der Waals surface area contributed by atoms with Crippen LogP contribution in [0.1, 0.15) is 15.9 Å². The number of carbonyl (C=O) groups is 1. The van der Waals surface area contributed by atoms with E-state index in [9.17, 15) is 15.0 Å². The van der Waals surface area contributed by atoms with Gasteiger partial charge in [0.05, 0.1) is 11.0 Å². The summed E-state index contributed by atoms with van der Waals surface area (Å²) in [6.45, 7) is 0. The van der Waals surface area contributed by atoms with Gasteiger partial charge in [0.2, 0.25) is 5.95 Å². The maximum atomic E-state index is 13.3. The van der Waals surface area contributed by atoms with Crippen LogP contribution >= 0.6 is 0 Å². The highest BCUT2D eigenvalue weighted by molar-refractivity contribution is 6.21. The number of aromatic hydroxyl groups is 2. The molecule has 0 atom stereocenters. The van der Waals surface area contributed by atoms with Crippen LogP contribution in [-0.2, 0) is 0 Å². The standard InChI is InChI=1S/C23H15N3O3/c27-19-10-9-14(13-20(19)28)22(29)17-7-3-6-16-15-5-1-2-8-18(15)26(21(16)17)23-24-11-4-12-25-23/h1-13,27-28H. The van der Waals surface area contributed by atoms with E-state index in [1.807, 2.05) is 41.0 Å². The van der Waals surface area contributed by atoms with Crippen molar-refractivity contribution >= 4 is 27.6 Å². The van der Waals surface area contributed by atoms with Crippen molar-refractivity contribution in [3.05, 3.63) is 90.3 Å². The number of aromatic nitrogens is 3. The Morgan fingerprint density at radius 1 is 0.793 bits per heavy atom. The number of ketones is 1. The van der Waals surface area contributed by atoms with Gasteiger partial charge in [0.1, 0.15) is 0 Å². The van der Waals surface area contributed by atoms with E-state index in [4.69, 9.17) is 0 Å². The van der Waals surface area contributed by atoms with Gasteiger partial charge in [-0.15, -0.1) is 0 Å². The van der Waals surface area contributed by atoms with Gasteiger partial charge in [-0.2, -0.15) is 0 Å². The first kappa shape index (κ1) is 16.9. The topological polar surface area (TPSA) is 88.2 Å². The zero-order valence-corrected chi connectivity index (χ0v) is 15.1. The minimum absolute atomic E-state index is 0.272. The van der Waals surface area contributed by atoms with Gasteiger partial charge < -0.3 is 10.2 Å². The van der Waals surface area contributed by atoms with Crippen molar-refractivity contribution in [2.24, 2.45) is 0 Å². The molecule has 6 nitrogen and oxygen atoms in total. The molecule has 0 spiro atoms. The highest BCUT2D eigenvalue weighted by Crippen LogP contribution is 2.34. The molecule has 5 aromatic rings. The molecule has 5 rings (SSSR count). The smallest absolute Gasteiger partial charge is 0.234 e. The first-order valence-corrected chi connectivity index (χ1v) is 9.01. The third kappa shape index (κ3) is 2.62. The van der Waals surface area contributed by atoms with Crippen LogP contribution in [0.25, 0.3) is 27.8 Å². The summed E-state index contributed by atoms with van der Waals surface area (Å²) in [5.74, 6) is -0.417. The first-order valence-electron chi connectivity index (χ1n) is 9.01. The van der Waals surface area contributed by atoms with Crippen molar-refractivity contribution in [2.75, 3.05) is 0 Å². The van der Waals surface area contributed by atoms with Gasteiger partial charge in [0.25, 0.3) is 0 Å². The Balaban J connectivity index is 1.86. The van der Waals surface area contributed by atoms with E-state index in [0.717, 1.165) is 16.3 Å². The molecule has 0 bridgehead atoms. The Morgan fingerprint density at radius 2 is 1.55 bits per heavy atom. The molecule has 0 saturated carbocycles. The van der Waals surface area contributed by atoms with Crippen molar-refractivity contribution in [3.8, 4) is 17.4 Å². The molecule has 29 heavy (non-hydrogen) atoms. The number of nitrogens with zero attached hydrogens (tertiary/aromatic N) is 3. The normalized spacial score (nSPS) is 11.2. The molecule has 0 fully saturated rings. The fourth-order valence-electron chi connectivity index (χ4n) is 3.64. The van der Waals surface area contributed by atoms with Crippen molar-refractivity contribution in [1.82, 2.24) is 14.5 Å². The van der Waals surface area contributed by atoms with E-state index in [0.29, 0.717) is 17.0 Å². The van der Waals surface area contributed by atoms with Crippen LogP contribution in [0.4, 0.5) is 0 Å². The van der Waals surface area contributed by atoms with Crippen LogP contribution in [0, 0.1) is 0 Å². The Bertz CT molecular complexity index is 1390. The van der Waals surface area contributed by atoms with Crippen LogP contribution in [0.5, 0.6) is 11.5 Å². The molecule has 0 aliphatic rings. The summed E-state index contributed by atoms with van der Waals surface area (Å²) >= 11 is 0. The maximum absolute atomic E-state index is 13.3. The molecule has 0 aliphatic carbocycles. The third-order valence-corrected chi connectivity index (χ3v) is 4.93. The zero-order valence-electron chi connectivity index (χ0n) is 15.1. The van der Waals surface area contributed by atoms with Gasteiger partial charge >= 0.3 is 0 Å². The molecule has 0 amide bonds. The lowest BCUT2D eigenvalue weighted by Gasteiger charge is -2.09. The van der Waals surface area contributed by atoms with Crippen LogP contribution in [0.15, 0.2) is 79.1 Å². The van der Waals surface area contributed by atoms with Crippen LogP contribution < -0.4 is 0 Å².